The molecule has 0 saturated carbocycles. The second-order valence-electron chi connectivity index (χ2n) is 6.42. The number of hydrogen-bond acceptors (Lipinski definition) is 5. The maximum atomic E-state index is 12.7. The Bertz CT molecular complexity index is 1030. The van der Waals surface area contributed by atoms with Gasteiger partial charge < -0.3 is 15.0 Å². The van der Waals surface area contributed by atoms with Gasteiger partial charge in [0.1, 0.15) is 6.29 Å². The molecule has 2 amide bonds. The van der Waals surface area contributed by atoms with Crippen molar-refractivity contribution in [2.75, 3.05) is 21.2 Å². The highest BCUT2D eigenvalue weighted by molar-refractivity contribution is 6.07. The number of nitrogens with one attached hydrogen (secondary N) is 1. The molecular formula is C24H22N2O5. The Morgan fingerprint density at radius 3 is 2.19 bits per heavy atom. The van der Waals surface area contributed by atoms with Gasteiger partial charge in [0.05, 0.1) is 7.11 Å². The van der Waals surface area contributed by atoms with Crippen molar-refractivity contribution in [3.05, 3.63) is 76.9 Å². The van der Waals surface area contributed by atoms with E-state index >= 15 is 0 Å². The molecule has 0 aliphatic heterocycles. The number of carbonyl (C=O) groups is 4. The molecule has 0 aliphatic carbocycles. The molecule has 0 aliphatic rings. The summed E-state index contributed by atoms with van der Waals surface area (Å²) in [6.45, 7) is 0. The van der Waals surface area contributed by atoms with Crippen molar-refractivity contribution in [3.63, 3.8) is 0 Å². The number of esters is 1. The summed E-state index contributed by atoms with van der Waals surface area (Å²) in [5, 5.41) is 2.35. The lowest BCUT2D eigenvalue weighted by Gasteiger charge is -2.24. The van der Waals surface area contributed by atoms with Crippen LogP contribution in [0, 0.1) is 11.8 Å². The lowest BCUT2D eigenvalue weighted by atomic mass is 10.1. The first-order valence-corrected chi connectivity index (χ1v) is 9.31. The number of likely N-dealkylation sites (N-methyl/N-ethyl adjacent to an activating group) is 2. The van der Waals surface area contributed by atoms with E-state index in [0.717, 1.165) is 29.4 Å². The summed E-state index contributed by atoms with van der Waals surface area (Å²) < 4.78 is 4.63. The van der Waals surface area contributed by atoms with Crippen LogP contribution >= 0.6 is 0 Å². The summed E-state index contributed by atoms with van der Waals surface area (Å²) in [7, 11) is 3.89. The maximum Gasteiger partial charge on any atom is 0.338 e. The normalized spacial score (nSPS) is 11.1. The van der Waals surface area contributed by atoms with E-state index in [0.29, 0.717) is 11.1 Å². The molecule has 7 heteroatoms. The number of benzene rings is 2. The molecule has 2 aromatic carbocycles. The monoisotopic (exact) mass is 418 g/mol. The van der Waals surface area contributed by atoms with Crippen LogP contribution in [0.5, 0.6) is 0 Å². The molecule has 31 heavy (non-hydrogen) atoms. The predicted molar refractivity (Wildman–Crippen MR) is 116 cm³/mol. The molecule has 7 nitrogen and oxygen atoms in total. The van der Waals surface area contributed by atoms with Gasteiger partial charge in [-0.25, -0.2) is 4.79 Å². The van der Waals surface area contributed by atoms with E-state index in [1.807, 2.05) is 0 Å². The third-order valence-corrected chi connectivity index (χ3v) is 4.41. The summed E-state index contributed by atoms with van der Waals surface area (Å²) in [6.07, 6.45) is 4.24. The maximum absolute atomic E-state index is 12.7. The molecule has 0 radical (unpaired) electrons. The van der Waals surface area contributed by atoms with Crippen LogP contribution in [0.2, 0.25) is 0 Å². The van der Waals surface area contributed by atoms with Gasteiger partial charge >= 0.3 is 5.97 Å². The average Bonchev–Trinajstić information content (AvgIpc) is 2.81. The molecule has 0 aromatic heterocycles. The van der Waals surface area contributed by atoms with E-state index in [1.54, 1.807) is 60.7 Å². The first kappa shape index (κ1) is 23.1. The Hall–Kier alpha value is -4.18. The number of ether oxygens (including phenoxy) is 1. The second kappa shape index (κ2) is 11.1. The van der Waals surface area contributed by atoms with Crippen LogP contribution in [0.25, 0.3) is 6.08 Å². The van der Waals surface area contributed by atoms with Crippen LogP contribution in [0.3, 0.4) is 0 Å². The molecule has 0 fully saturated rings. The molecule has 1 atom stereocenters. The summed E-state index contributed by atoms with van der Waals surface area (Å²) >= 11 is 0. The molecule has 2 rings (SSSR count). The zero-order valence-electron chi connectivity index (χ0n) is 17.4. The molecule has 1 unspecified atom stereocenters. The quantitative estimate of drug-likeness (QED) is 0.335. The standard InChI is InChI=1S/C24H22N2O5/c1-25-22(28)21(24(30)31-3)26(2)23(29)20-14-12-18(13-15-20)7-5-4-6-17-8-10-19(16-27)11-9-17/h5,7-16,21H,1-3H3,(H,25,28). The van der Waals surface area contributed by atoms with Gasteiger partial charge in [0.2, 0.25) is 6.04 Å². The number of methoxy groups -OCH3 is 1. The lowest BCUT2D eigenvalue weighted by molar-refractivity contribution is -0.150. The number of hydrogen-bond donors (Lipinski definition) is 1. The van der Waals surface area contributed by atoms with Crippen molar-refractivity contribution in [2.45, 2.75) is 6.04 Å². The van der Waals surface area contributed by atoms with Crippen molar-refractivity contribution >= 4 is 30.1 Å². The topological polar surface area (TPSA) is 92.8 Å². The van der Waals surface area contributed by atoms with Gasteiger partial charge in [-0.1, -0.05) is 36.1 Å². The predicted octanol–water partition coefficient (Wildman–Crippen LogP) is 1.92. The minimum absolute atomic E-state index is 0.318. The minimum Gasteiger partial charge on any atom is -0.467 e. The van der Waals surface area contributed by atoms with Crippen LogP contribution in [-0.2, 0) is 14.3 Å². The molecule has 1 N–H and O–H groups in total. The molecular weight excluding hydrogens is 396 g/mol. The Morgan fingerprint density at radius 1 is 1.03 bits per heavy atom. The van der Waals surface area contributed by atoms with Crippen LogP contribution in [-0.4, -0.2) is 56.2 Å². The Balaban J connectivity index is 2.08. The molecule has 0 heterocycles. The average molecular weight is 418 g/mol. The van der Waals surface area contributed by atoms with Crippen LogP contribution < -0.4 is 5.32 Å². The molecule has 0 bridgehead atoms. The van der Waals surface area contributed by atoms with E-state index in [9.17, 15) is 19.2 Å². The zero-order chi connectivity index (χ0) is 22.8. The molecule has 0 spiro atoms. The first-order chi connectivity index (χ1) is 14.9. The highest BCUT2D eigenvalue weighted by Gasteiger charge is 2.34. The van der Waals surface area contributed by atoms with E-state index in [2.05, 4.69) is 21.9 Å². The highest BCUT2D eigenvalue weighted by atomic mass is 16.5. The smallest absolute Gasteiger partial charge is 0.338 e. The number of allylic oxidation sites excluding steroid dienone is 1. The number of nitrogens with zero attached hydrogens (tertiary/aromatic N) is 1. The van der Waals surface area contributed by atoms with Crippen molar-refractivity contribution in [1.82, 2.24) is 10.2 Å². The number of amides is 2. The Kier molecular flexibility index (Phi) is 8.29. The highest BCUT2D eigenvalue weighted by Crippen LogP contribution is 2.11. The zero-order valence-corrected chi connectivity index (χ0v) is 17.4. The number of rotatable bonds is 6. The third kappa shape index (κ3) is 6.15. The fourth-order valence-corrected chi connectivity index (χ4v) is 2.65. The summed E-state index contributed by atoms with van der Waals surface area (Å²) in [5.41, 5.74) is 2.52. The second-order valence-corrected chi connectivity index (χ2v) is 6.42. The van der Waals surface area contributed by atoms with Gasteiger partial charge in [0.25, 0.3) is 11.8 Å². The fraction of sp³-hybridized carbons (Fsp3) is 0.167. The Morgan fingerprint density at radius 2 is 1.65 bits per heavy atom. The molecule has 158 valence electrons. The van der Waals surface area contributed by atoms with Crippen molar-refractivity contribution in [2.24, 2.45) is 0 Å². The van der Waals surface area contributed by atoms with Crippen molar-refractivity contribution in [1.29, 1.82) is 0 Å². The third-order valence-electron chi connectivity index (χ3n) is 4.41. The molecule has 2 aromatic rings. The van der Waals surface area contributed by atoms with Crippen LogP contribution in [0.1, 0.15) is 31.8 Å². The number of aldehydes is 1. The van der Waals surface area contributed by atoms with Crippen LogP contribution in [0.15, 0.2) is 54.6 Å². The van der Waals surface area contributed by atoms with Gasteiger partial charge in [0, 0.05) is 30.8 Å². The van der Waals surface area contributed by atoms with Crippen LogP contribution in [0.4, 0.5) is 0 Å². The van der Waals surface area contributed by atoms with E-state index in [4.69, 9.17) is 0 Å². The van der Waals surface area contributed by atoms with E-state index in [-0.39, 0.29) is 0 Å². The summed E-state index contributed by atoms with van der Waals surface area (Å²) in [4.78, 5) is 48.3. The van der Waals surface area contributed by atoms with Gasteiger partial charge in [-0.2, -0.15) is 0 Å². The van der Waals surface area contributed by atoms with Gasteiger partial charge in [-0.05, 0) is 42.0 Å². The van der Waals surface area contributed by atoms with E-state index in [1.165, 1.54) is 14.1 Å². The fourth-order valence-electron chi connectivity index (χ4n) is 2.65. The number of carbonyl (C=O) groups excluding carboxylic acids is 4. The largest absolute Gasteiger partial charge is 0.467 e. The summed E-state index contributed by atoms with van der Waals surface area (Å²) in [6, 6.07) is 12.2. The van der Waals surface area contributed by atoms with Crippen molar-refractivity contribution < 1.29 is 23.9 Å². The first-order valence-electron chi connectivity index (χ1n) is 9.31. The van der Waals surface area contributed by atoms with Gasteiger partial charge in [-0.3, -0.25) is 14.4 Å². The molecule has 0 saturated heterocycles. The van der Waals surface area contributed by atoms with E-state index < -0.39 is 23.8 Å². The Labute approximate surface area is 180 Å². The summed E-state index contributed by atoms with van der Waals surface area (Å²) in [5.74, 6) is 3.91. The lowest BCUT2D eigenvalue weighted by Crippen LogP contribution is -2.51. The van der Waals surface area contributed by atoms with Gasteiger partial charge in [0.15, 0.2) is 0 Å². The van der Waals surface area contributed by atoms with Gasteiger partial charge in [-0.15, -0.1) is 0 Å². The van der Waals surface area contributed by atoms with Crippen molar-refractivity contribution in [3.8, 4) is 11.8 Å². The SMILES string of the molecule is CNC(=O)C(C(=O)OC)N(C)C(=O)c1ccc(C=CC#Cc2ccc(C=O)cc2)cc1. The minimum atomic E-state index is -1.38.